The number of halogens is 2. The summed E-state index contributed by atoms with van der Waals surface area (Å²) in [6.45, 7) is 1.93. The third-order valence-corrected chi connectivity index (χ3v) is 6.67. The monoisotopic (exact) mass is 472 g/mol. The second kappa shape index (κ2) is 8.47. The summed E-state index contributed by atoms with van der Waals surface area (Å²) >= 11 is 3.58. The molecule has 0 bridgehead atoms. The molecule has 0 aliphatic carbocycles. The summed E-state index contributed by atoms with van der Waals surface area (Å²) in [5.41, 5.74) is 3.65. The molecule has 1 aromatic carbocycles. The molecule has 1 saturated heterocycles. The summed E-state index contributed by atoms with van der Waals surface area (Å²) in [4.78, 5) is 20.2. The van der Waals surface area contributed by atoms with E-state index in [4.69, 9.17) is 0 Å². The minimum atomic E-state index is -0.936. The summed E-state index contributed by atoms with van der Waals surface area (Å²) in [6.07, 6.45) is 1.61. The number of fused-ring (bicyclic) bond motifs is 1. The van der Waals surface area contributed by atoms with Crippen molar-refractivity contribution in [3.63, 3.8) is 0 Å². The normalized spacial score (nSPS) is 19.9. The lowest BCUT2D eigenvalue weighted by molar-refractivity contribution is 0.0827. The molecule has 0 unspecified atom stereocenters. The molecule has 0 spiro atoms. The van der Waals surface area contributed by atoms with E-state index in [1.165, 1.54) is 0 Å². The van der Waals surface area contributed by atoms with Crippen LogP contribution in [-0.2, 0) is 13.6 Å². The number of benzene rings is 1. The smallest absolute Gasteiger partial charge is 0.253 e. The Morgan fingerprint density at radius 3 is 2.63 bits per heavy atom. The molecule has 1 amide bonds. The topological polar surface area (TPSA) is 41.4 Å². The van der Waals surface area contributed by atoms with Crippen LogP contribution in [0, 0.1) is 0 Å². The second-order valence-electron chi connectivity index (χ2n) is 8.19. The van der Waals surface area contributed by atoms with Gasteiger partial charge in [-0.1, -0.05) is 12.1 Å². The molecule has 1 aliphatic rings. The number of likely N-dealkylation sites (tertiary alicyclic amines) is 1. The Labute approximate surface area is 184 Å². The minimum Gasteiger partial charge on any atom is -0.345 e. The zero-order valence-electron chi connectivity index (χ0n) is 17.5. The van der Waals surface area contributed by atoms with Crippen LogP contribution in [-0.4, -0.2) is 58.6 Å². The lowest BCUT2D eigenvalue weighted by Gasteiger charge is -2.35. The molecule has 2 aromatic heterocycles. The van der Waals surface area contributed by atoms with Crippen molar-refractivity contribution in [3.05, 3.63) is 63.9 Å². The summed E-state index contributed by atoms with van der Waals surface area (Å²) in [6, 6.07) is 11.5. The molecule has 4 rings (SSSR count). The Kier molecular flexibility index (Phi) is 5.93. The van der Waals surface area contributed by atoms with Crippen LogP contribution in [0.2, 0.25) is 0 Å². The summed E-state index contributed by atoms with van der Waals surface area (Å²) in [7, 11) is 5.47. The van der Waals surface area contributed by atoms with Gasteiger partial charge in [0.05, 0.1) is 0 Å². The van der Waals surface area contributed by atoms with Crippen LogP contribution in [0.3, 0.4) is 0 Å². The fraction of sp³-hybridized carbons (Fsp3) is 0.391. The molecule has 2 atom stereocenters. The van der Waals surface area contributed by atoms with Gasteiger partial charge in [-0.25, -0.2) is 9.37 Å². The van der Waals surface area contributed by atoms with Crippen LogP contribution >= 0.6 is 15.9 Å². The largest absolute Gasteiger partial charge is 0.345 e. The lowest BCUT2D eigenvalue weighted by Crippen LogP contribution is -2.40. The van der Waals surface area contributed by atoms with Gasteiger partial charge in [0.25, 0.3) is 5.91 Å². The molecule has 0 radical (unpaired) electrons. The molecule has 1 aliphatic heterocycles. The maximum absolute atomic E-state index is 15.1. The predicted molar refractivity (Wildman–Crippen MR) is 120 cm³/mol. The maximum Gasteiger partial charge on any atom is 0.253 e. The van der Waals surface area contributed by atoms with E-state index in [1.54, 1.807) is 37.3 Å². The van der Waals surface area contributed by atoms with Crippen molar-refractivity contribution in [2.75, 3.05) is 27.2 Å². The quantitative estimate of drug-likeness (QED) is 0.566. The molecule has 0 N–H and O–H groups in total. The molecular weight excluding hydrogens is 447 g/mol. The van der Waals surface area contributed by atoms with Crippen LogP contribution in [0.1, 0.15) is 34.0 Å². The van der Waals surface area contributed by atoms with E-state index in [9.17, 15) is 4.79 Å². The highest BCUT2D eigenvalue weighted by molar-refractivity contribution is 9.10. The van der Waals surface area contributed by atoms with Gasteiger partial charge < -0.3 is 9.47 Å². The van der Waals surface area contributed by atoms with Crippen molar-refractivity contribution < 1.29 is 9.18 Å². The number of hydrogen-bond acceptors (Lipinski definition) is 3. The van der Waals surface area contributed by atoms with Crippen LogP contribution in [0.5, 0.6) is 0 Å². The van der Waals surface area contributed by atoms with Gasteiger partial charge in [0.1, 0.15) is 11.8 Å². The summed E-state index contributed by atoms with van der Waals surface area (Å²) < 4.78 is 18.2. The van der Waals surface area contributed by atoms with Crippen molar-refractivity contribution in [2.45, 2.75) is 25.1 Å². The molecule has 3 heterocycles. The van der Waals surface area contributed by atoms with Crippen molar-refractivity contribution in [2.24, 2.45) is 7.05 Å². The average molecular weight is 473 g/mol. The number of hydrogen-bond donors (Lipinski definition) is 0. The van der Waals surface area contributed by atoms with Gasteiger partial charge in [-0.2, -0.15) is 0 Å². The zero-order valence-corrected chi connectivity index (χ0v) is 19.1. The first-order valence-electron chi connectivity index (χ1n) is 10.1. The predicted octanol–water partition coefficient (Wildman–Crippen LogP) is 4.37. The number of amides is 1. The highest BCUT2D eigenvalue weighted by Crippen LogP contribution is 2.32. The average Bonchev–Trinajstić information content (AvgIpc) is 3.05. The number of rotatable bonds is 4. The number of alkyl halides is 1. The van der Waals surface area contributed by atoms with Gasteiger partial charge in [0.15, 0.2) is 0 Å². The van der Waals surface area contributed by atoms with Crippen molar-refractivity contribution >= 4 is 32.9 Å². The molecule has 30 heavy (non-hydrogen) atoms. The van der Waals surface area contributed by atoms with Gasteiger partial charge >= 0.3 is 0 Å². The fourth-order valence-corrected chi connectivity index (χ4v) is 4.65. The molecule has 7 heteroatoms. The number of aryl methyl sites for hydroxylation is 1. The summed E-state index contributed by atoms with van der Waals surface area (Å²) in [5, 5.41) is 1.08. The van der Waals surface area contributed by atoms with Crippen LogP contribution in [0.4, 0.5) is 4.39 Å². The minimum absolute atomic E-state index is 0.0377. The van der Waals surface area contributed by atoms with Crippen LogP contribution in [0.15, 0.2) is 47.1 Å². The van der Waals surface area contributed by atoms with Crippen LogP contribution in [0.25, 0.3) is 11.0 Å². The third kappa shape index (κ3) is 4.01. The van der Waals surface area contributed by atoms with Crippen molar-refractivity contribution in [1.29, 1.82) is 0 Å². The molecule has 3 aromatic rings. The van der Waals surface area contributed by atoms with E-state index in [1.807, 2.05) is 25.2 Å². The molecule has 158 valence electrons. The molecule has 5 nitrogen and oxygen atoms in total. The van der Waals surface area contributed by atoms with Crippen molar-refractivity contribution in [3.8, 4) is 0 Å². The van der Waals surface area contributed by atoms with Crippen molar-refractivity contribution in [1.82, 2.24) is 19.4 Å². The number of carbonyl (C=O) groups is 1. The number of nitrogens with zero attached hydrogens (tertiary/aromatic N) is 4. The highest BCUT2D eigenvalue weighted by atomic mass is 79.9. The molecule has 1 fully saturated rings. The Hall–Kier alpha value is -2.25. The van der Waals surface area contributed by atoms with Gasteiger partial charge in [0, 0.05) is 67.5 Å². The van der Waals surface area contributed by atoms with E-state index in [0.29, 0.717) is 18.7 Å². The lowest BCUT2D eigenvalue weighted by atomic mass is 9.87. The Balaban J connectivity index is 1.44. The second-order valence-corrected chi connectivity index (χ2v) is 9.05. The maximum atomic E-state index is 15.1. The van der Waals surface area contributed by atoms with Gasteiger partial charge in [-0.15, -0.1) is 0 Å². The third-order valence-electron chi connectivity index (χ3n) is 5.98. The van der Waals surface area contributed by atoms with E-state index >= 15 is 4.39 Å². The number of pyridine rings is 1. The van der Waals surface area contributed by atoms with E-state index in [2.05, 4.69) is 36.4 Å². The van der Waals surface area contributed by atoms with E-state index in [-0.39, 0.29) is 11.8 Å². The summed E-state index contributed by atoms with van der Waals surface area (Å²) in [5.74, 6) is -0.169. The number of piperidine rings is 1. The Bertz CT molecular complexity index is 1060. The first kappa shape index (κ1) is 21.0. The standard InChI is InChI=1S/C23H26BrFN4O/c1-27(2)23(30)16-6-4-15(5-7-16)18-9-11-29(14-21(18)25)13-17-12-19-20(24)8-10-26-22(19)28(17)3/h4-8,10,12,18,21H,9,11,13-14H2,1-3H3/t18-,21-/m0/s1. The van der Waals surface area contributed by atoms with Crippen LogP contribution < -0.4 is 0 Å². The van der Waals surface area contributed by atoms with E-state index in [0.717, 1.165) is 39.7 Å². The van der Waals surface area contributed by atoms with Gasteiger partial charge in [0.2, 0.25) is 0 Å². The SMILES string of the molecule is CN(C)C(=O)c1ccc([C@@H]2CCN(Cc3cc4c(Br)ccnc4n3C)C[C@@H]2F)cc1. The first-order chi connectivity index (χ1) is 14.3. The number of aromatic nitrogens is 2. The number of carbonyl (C=O) groups excluding carboxylic acids is 1. The Morgan fingerprint density at radius 1 is 1.27 bits per heavy atom. The Morgan fingerprint density at radius 2 is 2.00 bits per heavy atom. The highest BCUT2D eigenvalue weighted by Gasteiger charge is 2.31. The fourth-order valence-electron chi connectivity index (χ4n) is 4.24. The first-order valence-corrected chi connectivity index (χ1v) is 10.9. The zero-order chi connectivity index (χ0) is 21.4. The van der Waals surface area contributed by atoms with Gasteiger partial charge in [-0.3, -0.25) is 9.69 Å². The van der Waals surface area contributed by atoms with E-state index < -0.39 is 6.17 Å². The van der Waals surface area contributed by atoms with Gasteiger partial charge in [-0.05, 0) is 58.7 Å². The molecular formula is C23H26BrFN4O. The molecule has 0 saturated carbocycles.